The maximum atomic E-state index is 10.7. The summed E-state index contributed by atoms with van der Waals surface area (Å²) in [6.07, 6.45) is 2.01. The van der Waals surface area contributed by atoms with E-state index >= 15 is 0 Å². The molecule has 0 fully saturated rings. The molecule has 1 N–H and O–H groups in total. The summed E-state index contributed by atoms with van der Waals surface area (Å²) in [4.78, 5) is 20.4. The number of hydrogen-bond acceptors (Lipinski definition) is 2. The Labute approximate surface area is 60.1 Å². The van der Waals surface area contributed by atoms with E-state index in [0.29, 0.717) is 6.41 Å². The van der Waals surface area contributed by atoms with Gasteiger partial charge in [0, 0.05) is 0 Å². The van der Waals surface area contributed by atoms with Gasteiger partial charge in [0.1, 0.15) is 0 Å². The van der Waals surface area contributed by atoms with E-state index in [0.717, 1.165) is 5.57 Å². The topological polar surface area (TPSA) is 46.2 Å². The molecule has 3 nitrogen and oxygen atoms in total. The Hall–Kier alpha value is -1.12. The van der Waals surface area contributed by atoms with E-state index in [1.165, 1.54) is 6.08 Å². The Bertz CT molecular complexity index is 157. The van der Waals surface area contributed by atoms with Gasteiger partial charge in [0.2, 0.25) is 6.41 Å². The van der Waals surface area contributed by atoms with Crippen LogP contribution in [0.15, 0.2) is 11.6 Å². The Morgan fingerprint density at radius 1 is 1.50 bits per heavy atom. The number of allylic oxidation sites excluding steroid dienone is 1. The predicted molar refractivity (Wildman–Crippen MR) is 38.5 cm³/mol. The number of carbonyl (C=O) groups is 2. The van der Waals surface area contributed by atoms with Crippen molar-refractivity contribution >= 4 is 12.2 Å². The van der Waals surface area contributed by atoms with Gasteiger partial charge in [0.05, 0.1) is 6.54 Å². The van der Waals surface area contributed by atoms with Gasteiger partial charge < -0.3 is 5.32 Å². The third-order valence-corrected chi connectivity index (χ3v) is 0.809. The maximum Gasteiger partial charge on any atom is 0.207 e. The van der Waals surface area contributed by atoms with Crippen molar-refractivity contribution in [3.05, 3.63) is 11.6 Å². The zero-order chi connectivity index (χ0) is 7.98. The first-order chi connectivity index (χ1) is 4.66. The summed E-state index contributed by atoms with van der Waals surface area (Å²) in [5, 5.41) is 2.28. The van der Waals surface area contributed by atoms with Gasteiger partial charge in [-0.3, -0.25) is 9.59 Å². The molecule has 0 aliphatic heterocycles. The molecule has 0 atom stereocenters. The molecular formula is C7H11NO2. The lowest BCUT2D eigenvalue weighted by atomic mass is 10.2. The first-order valence-corrected chi connectivity index (χ1v) is 3.01. The number of hydrogen-bond donors (Lipinski definition) is 1. The molecule has 0 unspecified atom stereocenters. The van der Waals surface area contributed by atoms with Crippen molar-refractivity contribution in [2.45, 2.75) is 13.8 Å². The lowest BCUT2D eigenvalue weighted by Gasteiger charge is -1.92. The van der Waals surface area contributed by atoms with Crippen LogP contribution in [0.3, 0.4) is 0 Å². The van der Waals surface area contributed by atoms with Crippen molar-refractivity contribution in [1.29, 1.82) is 0 Å². The molecule has 0 radical (unpaired) electrons. The highest BCUT2D eigenvalue weighted by Crippen LogP contribution is 1.87. The van der Waals surface area contributed by atoms with Crippen molar-refractivity contribution < 1.29 is 9.59 Å². The van der Waals surface area contributed by atoms with Crippen molar-refractivity contribution in [3.63, 3.8) is 0 Å². The molecule has 0 heterocycles. The van der Waals surface area contributed by atoms with E-state index in [2.05, 4.69) is 5.32 Å². The molecule has 10 heavy (non-hydrogen) atoms. The van der Waals surface area contributed by atoms with E-state index in [1.807, 2.05) is 13.8 Å². The quantitative estimate of drug-likeness (QED) is 0.451. The molecule has 0 aromatic carbocycles. The number of amides is 1. The molecule has 0 aliphatic rings. The Balaban J connectivity index is 3.64. The molecule has 3 heteroatoms. The smallest absolute Gasteiger partial charge is 0.207 e. The third kappa shape index (κ3) is 5.03. The van der Waals surface area contributed by atoms with E-state index in [9.17, 15) is 9.59 Å². The van der Waals surface area contributed by atoms with Crippen molar-refractivity contribution in [2.24, 2.45) is 0 Å². The summed E-state index contributed by atoms with van der Waals surface area (Å²) in [5.74, 6) is -0.0768. The van der Waals surface area contributed by atoms with Gasteiger partial charge in [-0.15, -0.1) is 0 Å². The fourth-order valence-corrected chi connectivity index (χ4v) is 0.515. The Morgan fingerprint density at radius 3 is 2.50 bits per heavy atom. The SMILES string of the molecule is CC(C)=CC(=O)CNC=O. The summed E-state index contributed by atoms with van der Waals surface area (Å²) in [6, 6.07) is 0. The van der Waals surface area contributed by atoms with E-state index < -0.39 is 0 Å². The van der Waals surface area contributed by atoms with Crippen LogP contribution in [-0.4, -0.2) is 18.7 Å². The average Bonchev–Trinajstić information content (AvgIpc) is 1.82. The minimum atomic E-state index is -0.0768. The highest BCUT2D eigenvalue weighted by Gasteiger charge is 1.93. The van der Waals surface area contributed by atoms with Crippen LogP contribution >= 0.6 is 0 Å². The van der Waals surface area contributed by atoms with Crippen molar-refractivity contribution in [3.8, 4) is 0 Å². The zero-order valence-electron chi connectivity index (χ0n) is 6.18. The standard InChI is InChI=1S/C7H11NO2/c1-6(2)3-7(10)4-8-5-9/h3,5H,4H2,1-2H3,(H,8,9). The Morgan fingerprint density at radius 2 is 2.10 bits per heavy atom. The van der Waals surface area contributed by atoms with Gasteiger partial charge in [-0.2, -0.15) is 0 Å². The zero-order valence-corrected chi connectivity index (χ0v) is 6.18. The second-order valence-electron chi connectivity index (χ2n) is 2.19. The summed E-state index contributed by atoms with van der Waals surface area (Å²) < 4.78 is 0. The third-order valence-electron chi connectivity index (χ3n) is 0.809. The van der Waals surface area contributed by atoms with Crippen LogP contribution in [0.1, 0.15) is 13.8 Å². The van der Waals surface area contributed by atoms with Gasteiger partial charge in [0.15, 0.2) is 5.78 Å². The highest BCUT2D eigenvalue weighted by molar-refractivity contribution is 5.92. The largest absolute Gasteiger partial charge is 0.351 e. The van der Waals surface area contributed by atoms with Crippen LogP contribution < -0.4 is 5.32 Å². The van der Waals surface area contributed by atoms with E-state index in [1.54, 1.807) is 0 Å². The maximum absolute atomic E-state index is 10.7. The molecule has 0 saturated carbocycles. The Kier molecular flexibility index (Phi) is 4.20. The minimum absolute atomic E-state index is 0.0768. The van der Waals surface area contributed by atoms with E-state index in [-0.39, 0.29) is 12.3 Å². The lowest BCUT2D eigenvalue weighted by Crippen LogP contribution is -2.19. The highest BCUT2D eigenvalue weighted by atomic mass is 16.1. The average molecular weight is 141 g/mol. The van der Waals surface area contributed by atoms with Crippen molar-refractivity contribution in [1.82, 2.24) is 5.32 Å². The van der Waals surface area contributed by atoms with Crippen LogP contribution in [0.25, 0.3) is 0 Å². The lowest BCUT2D eigenvalue weighted by molar-refractivity contribution is -0.116. The summed E-state index contributed by atoms with van der Waals surface area (Å²) in [5.41, 5.74) is 0.942. The van der Waals surface area contributed by atoms with Crippen LogP contribution in [0.2, 0.25) is 0 Å². The fraction of sp³-hybridized carbons (Fsp3) is 0.429. The second kappa shape index (κ2) is 4.73. The van der Waals surface area contributed by atoms with Crippen molar-refractivity contribution in [2.75, 3.05) is 6.54 Å². The van der Waals surface area contributed by atoms with Gasteiger partial charge in [-0.1, -0.05) is 5.57 Å². The normalized spacial score (nSPS) is 8.20. The minimum Gasteiger partial charge on any atom is -0.351 e. The first-order valence-electron chi connectivity index (χ1n) is 3.01. The molecule has 0 aromatic heterocycles. The molecule has 0 rings (SSSR count). The summed E-state index contributed by atoms with van der Waals surface area (Å²) in [6.45, 7) is 3.76. The molecular weight excluding hydrogens is 130 g/mol. The van der Waals surface area contributed by atoms with Gasteiger partial charge in [-0.25, -0.2) is 0 Å². The monoisotopic (exact) mass is 141 g/mol. The van der Waals surface area contributed by atoms with Crippen LogP contribution in [0, 0.1) is 0 Å². The molecule has 0 bridgehead atoms. The number of rotatable bonds is 4. The molecule has 0 spiro atoms. The molecule has 1 amide bonds. The van der Waals surface area contributed by atoms with Crippen LogP contribution in [0.5, 0.6) is 0 Å². The van der Waals surface area contributed by atoms with Crippen LogP contribution in [0.4, 0.5) is 0 Å². The first kappa shape index (κ1) is 8.88. The van der Waals surface area contributed by atoms with Gasteiger partial charge in [0.25, 0.3) is 0 Å². The number of nitrogens with one attached hydrogen (secondary N) is 1. The van der Waals surface area contributed by atoms with E-state index in [4.69, 9.17) is 0 Å². The predicted octanol–water partition coefficient (Wildman–Crippen LogP) is 0.268. The van der Waals surface area contributed by atoms with Crippen LogP contribution in [-0.2, 0) is 9.59 Å². The number of ketones is 1. The summed E-state index contributed by atoms with van der Waals surface area (Å²) >= 11 is 0. The molecule has 56 valence electrons. The van der Waals surface area contributed by atoms with Gasteiger partial charge in [-0.05, 0) is 19.9 Å². The van der Waals surface area contributed by atoms with Gasteiger partial charge >= 0.3 is 0 Å². The molecule has 0 saturated heterocycles. The second-order valence-corrected chi connectivity index (χ2v) is 2.19. The fourth-order valence-electron chi connectivity index (χ4n) is 0.515. The molecule has 0 aromatic rings. The summed E-state index contributed by atoms with van der Waals surface area (Å²) in [7, 11) is 0. The number of carbonyl (C=O) groups excluding carboxylic acids is 2. The molecule has 0 aliphatic carbocycles.